The van der Waals surface area contributed by atoms with E-state index in [1.165, 1.54) is 10.2 Å². The van der Waals surface area contributed by atoms with Crippen LogP contribution in [0.1, 0.15) is 22.7 Å². The fourth-order valence-electron chi connectivity index (χ4n) is 2.95. The summed E-state index contributed by atoms with van der Waals surface area (Å²) in [6.45, 7) is 0. The summed E-state index contributed by atoms with van der Waals surface area (Å²) >= 11 is 0. The summed E-state index contributed by atoms with van der Waals surface area (Å²) < 4.78 is 1.47. The number of carbonyl (C=O) groups excluding carboxylic acids is 1. The van der Waals surface area contributed by atoms with Gasteiger partial charge in [0.2, 0.25) is 0 Å². The molecule has 0 saturated heterocycles. The van der Waals surface area contributed by atoms with E-state index in [2.05, 4.69) is 17.2 Å². The van der Waals surface area contributed by atoms with Gasteiger partial charge < -0.3 is 5.73 Å². The summed E-state index contributed by atoms with van der Waals surface area (Å²) in [4.78, 5) is 12.7. The monoisotopic (exact) mass is 277 g/mol. The fraction of sp³-hybridized carbons (Fsp3) is 0.176. The quantitative estimate of drug-likeness (QED) is 0.783. The van der Waals surface area contributed by atoms with E-state index in [0.717, 1.165) is 17.3 Å². The molecule has 0 amide bonds. The molecule has 21 heavy (non-hydrogen) atoms. The van der Waals surface area contributed by atoms with E-state index >= 15 is 0 Å². The van der Waals surface area contributed by atoms with E-state index in [0.29, 0.717) is 11.7 Å². The van der Waals surface area contributed by atoms with Gasteiger partial charge in [0, 0.05) is 11.3 Å². The molecule has 2 atom stereocenters. The minimum Gasteiger partial charge on any atom is -0.382 e. The second kappa shape index (κ2) is 4.45. The lowest BCUT2D eigenvalue weighted by Crippen LogP contribution is -2.15. The molecule has 0 spiro atoms. The third-order valence-corrected chi connectivity index (χ3v) is 4.16. The van der Waals surface area contributed by atoms with Gasteiger partial charge in [-0.15, -0.1) is 5.10 Å². The van der Waals surface area contributed by atoms with Crippen LogP contribution in [0, 0.1) is 5.92 Å². The molecule has 104 valence electrons. The van der Waals surface area contributed by atoms with Gasteiger partial charge in [-0.2, -0.15) is 4.68 Å². The number of benzene rings is 2. The molecule has 4 heteroatoms. The van der Waals surface area contributed by atoms with Gasteiger partial charge in [-0.05, 0) is 30.0 Å². The molecule has 4 nitrogen and oxygen atoms in total. The number of aromatic nitrogens is 2. The van der Waals surface area contributed by atoms with Crippen molar-refractivity contribution in [2.75, 3.05) is 5.73 Å². The molecule has 1 heterocycles. The number of anilines is 1. The zero-order valence-corrected chi connectivity index (χ0v) is 11.4. The molecule has 0 unspecified atom stereocenters. The molecule has 1 fully saturated rings. The minimum atomic E-state index is 0.00936. The third-order valence-electron chi connectivity index (χ3n) is 4.16. The van der Waals surface area contributed by atoms with Gasteiger partial charge in [-0.25, -0.2) is 0 Å². The Bertz CT molecular complexity index is 822. The number of nitrogen functional groups attached to an aromatic ring is 1. The predicted octanol–water partition coefficient (Wildman–Crippen LogP) is 3.06. The number of para-hydroxylation sites is 1. The molecule has 0 aliphatic heterocycles. The normalized spacial score (nSPS) is 20.6. The van der Waals surface area contributed by atoms with Gasteiger partial charge >= 0.3 is 0 Å². The zero-order chi connectivity index (χ0) is 14.4. The number of hydrogen-bond donors (Lipinski definition) is 1. The lowest BCUT2D eigenvalue weighted by Gasteiger charge is -2.02. The Kier molecular flexibility index (Phi) is 2.57. The Morgan fingerprint density at radius 3 is 2.62 bits per heavy atom. The summed E-state index contributed by atoms with van der Waals surface area (Å²) in [5.41, 5.74) is 7.91. The lowest BCUT2D eigenvalue weighted by atomic mass is 10.1. The van der Waals surface area contributed by atoms with Crippen molar-refractivity contribution >= 4 is 22.6 Å². The molecule has 1 aliphatic rings. The standard InChI is InChI=1S/C17H15N3O/c18-16-12-8-4-5-9-15(12)20(19-16)17(21)14-10-13(14)11-6-2-1-3-7-11/h1-9,13-14H,10H2,(H2,18,19)/t13-,14-/m1/s1. The first-order valence-corrected chi connectivity index (χ1v) is 7.08. The fourth-order valence-corrected chi connectivity index (χ4v) is 2.95. The van der Waals surface area contributed by atoms with Crippen LogP contribution in [-0.2, 0) is 0 Å². The predicted molar refractivity (Wildman–Crippen MR) is 82.1 cm³/mol. The summed E-state index contributed by atoms with van der Waals surface area (Å²) in [7, 11) is 0. The smallest absolute Gasteiger partial charge is 0.251 e. The number of fused-ring (bicyclic) bond motifs is 1. The van der Waals surface area contributed by atoms with Crippen molar-refractivity contribution in [1.29, 1.82) is 0 Å². The van der Waals surface area contributed by atoms with Crippen LogP contribution in [0.25, 0.3) is 10.9 Å². The molecule has 2 N–H and O–H groups in total. The number of nitrogens with two attached hydrogens (primary N) is 1. The van der Waals surface area contributed by atoms with Crippen molar-refractivity contribution in [2.24, 2.45) is 5.92 Å². The van der Waals surface area contributed by atoms with Crippen LogP contribution in [0.3, 0.4) is 0 Å². The van der Waals surface area contributed by atoms with E-state index in [-0.39, 0.29) is 11.8 Å². The van der Waals surface area contributed by atoms with Gasteiger partial charge in [0.05, 0.1) is 5.52 Å². The molecule has 2 aromatic carbocycles. The van der Waals surface area contributed by atoms with E-state index in [9.17, 15) is 4.79 Å². The van der Waals surface area contributed by atoms with E-state index in [1.54, 1.807) is 0 Å². The van der Waals surface area contributed by atoms with Crippen LogP contribution in [-0.4, -0.2) is 15.7 Å². The molecule has 0 bridgehead atoms. The maximum atomic E-state index is 12.7. The summed E-state index contributed by atoms with van der Waals surface area (Å²) in [5, 5.41) is 5.06. The van der Waals surface area contributed by atoms with Crippen molar-refractivity contribution in [3.8, 4) is 0 Å². The Labute approximate surface area is 122 Å². The van der Waals surface area contributed by atoms with Gasteiger partial charge in [-0.3, -0.25) is 4.79 Å². The maximum Gasteiger partial charge on any atom is 0.251 e. The molecule has 0 radical (unpaired) electrons. The van der Waals surface area contributed by atoms with Gasteiger partial charge in [-0.1, -0.05) is 42.5 Å². The molecular formula is C17H15N3O. The van der Waals surface area contributed by atoms with Crippen molar-refractivity contribution in [1.82, 2.24) is 9.78 Å². The third kappa shape index (κ3) is 1.91. The highest BCUT2D eigenvalue weighted by Gasteiger charge is 2.45. The van der Waals surface area contributed by atoms with E-state index in [1.807, 2.05) is 42.5 Å². The number of nitrogens with zero attached hydrogens (tertiary/aromatic N) is 2. The minimum absolute atomic E-state index is 0.00936. The Morgan fingerprint density at radius 2 is 1.81 bits per heavy atom. The van der Waals surface area contributed by atoms with Crippen LogP contribution in [0.4, 0.5) is 5.82 Å². The lowest BCUT2D eigenvalue weighted by molar-refractivity contribution is 0.0873. The summed E-state index contributed by atoms with van der Waals surface area (Å²) in [6, 6.07) is 17.7. The molecule has 3 aromatic rings. The SMILES string of the molecule is Nc1nn(C(=O)[C@@H]2C[C@@H]2c2ccccc2)c2ccccc12. The van der Waals surface area contributed by atoms with Gasteiger partial charge in [0.15, 0.2) is 5.82 Å². The van der Waals surface area contributed by atoms with Crippen molar-refractivity contribution in [3.05, 3.63) is 60.2 Å². The number of rotatable bonds is 2. The Morgan fingerprint density at radius 1 is 1.10 bits per heavy atom. The molecule has 1 aliphatic carbocycles. The average molecular weight is 277 g/mol. The van der Waals surface area contributed by atoms with E-state index < -0.39 is 0 Å². The highest BCUT2D eigenvalue weighted by Crippen LogP contribution is 2.48. The topological polar surface area (TPSA) is 60.9 Å². The molecule has 4 rings (SSSR count). The molecule has 1 saturated carbocycles. The van der Waals surface area contributed by atoms with Gasteiger partial charge in [0.25, 0.3) is 5.91 Å². The Balaban J connectivity index is 1.67. The van der Waals surface area contributed by atoms with Crippen molar-refractivity contribution < 1.29 is 4.79 Å². The average Bonchev–Trinajstić information content (AvgIpc) is 3.27. The van der Waals surface area contributed by atoms with Crippen LogP contribution < -0.4 is 5.73 Å². The molecular weight excluding hydrogens is 262 g/mol. The Hall–Kier alpha value is -2.62. The maximum absolute atomic E-state index is 12.7. The number of carbonyl (C=O) groups is 1. The first kappa shape index (κ1) is 12.1. The first-order chi connectivity index (χ1) is 10.3. The summed E-state index contributed by atoms with van der Waals surface area (Å²) in [6.07, 6.45) is 0.886. The number of hydrogen-bond acceptors (Lipinski definition) is 3. The van der Waals surface area contributed by atoms with Crippen LogP contribution in [0.5, 0.6) is 0 Å². The highest BCUT2D eigenvalue weighted by molar-refractivity contribution is 5.98. The van der Waals surface area contributed by atoms with Crippen molar-refractivity contribution in [2.45, 2.75) is 12.3 Å². The first-order valence-electron chi connectivity index (χ1n) is 7.08. The van der Waals surface area contributed by atoms with E-state index in [4.69, 9.17) is 5.73 Å². The molecule has 1 aromatic heterocycles. The van der Waals surface area contributed by atoms with Gasteiger partial charge in [0.1, 0.15) is 0 Å². The second-order valence-electron chi connectivity index (χ2n) is 5.51. The largest absolute Gasteiger partial charge is 0.382 e. The van der Waals surface area contributed by atoms with Crippen LogP contribution in [0.15, 0.2) is 54.6 Å². The zero-order valence-electron chi connectivity index (χ0n) is 11.4. The van der Waals surface area contributed by atoms with Crippen LogP contribution in [0.2, 0.25) is 0 Å². The highest BCUT2D eigenvalue weighted by atomic mass is 16.2. The summed E-state index contributed by atoms with van der Waals surface area (Å²) in [5.74, 6) is 0.769. The van der Waals surface area contributed by atoms with Crippen LogP contribution >= 0.6 is 0 Å². The second-order valence-corrected chi connectivity index (χ2v) is 5.51. The van der Waals surface area contributed by atoms with Crippen molar-refractivity contribution in [3.63, 3.8) is 0 Å².